The highest BCUT2D eigenvalue weighted by Gasteiger charge is 2.63. The number of sulfonamides is 1. The highest BCUT2D eigenvalue weighted by atomic mass is 32.2. The van der Waals surface area contributed by atoms with E-state index in [4.69, 9.17) is 4.74 Å². The number of likely N-dealkylation sites (N-methyl/N-ethyl adjacent to an activating group) is 1. The molecule has 1 saturated heterocycles. The number of benzene rings is 1. The number of aromatic nitrogens is 2. The number of rotatable bonds is 7. The van der Waals surface area contributed by atoms with Crippen molar-refractivity contribution in [2.45, 2.75) is 108 Å². The second-order valence-corrected chi connectivity index (χ2v) is 18.3. The molecule has 2 aliphatic carbocycles. The minimum atomic E-state index is -4.03. The number of aryl methyl sites for hydroxylation is 1. The molecule has 55 heavy (non-hydrogen) atoms. The van der Waals surface area contributed by atoms with Crippen LogP contribution in [0.5, 0.6) is 5.88 Å². The van der Waals surface area contributed by atoms with Crippen molar-refractivity contribution in [2.24, 2.45) is 17.8 Å². The van der Waals surface area contributed by atoms with E-state index in [2.05, 4.69) is 20.5 Å². The van der Waals surface area contributed by atoms with E-state index in [0.29, 0.717) is 42.9 Å². The zero-order chi connectivity index (χ0) is 40.0. The maximum absolute atomic E-state index is 14.7. The van der Waals surface area contributed by atoms with Gasteiger partial charge in [0.25, 0.3) is 11.5 Å². The summed E-state index contributed by atoms with van der Waals surface area (Å²) in [5.41, 5.74) is -1.89. The lowest BCUT2D eigenvalue weighted by molar-refractivity contribution is -0.148. The molecular weight excluding hydrogens is 731 g/mol. The zero-order valence-corrected chi connectivity index (χ0v) is 33.0. The van der Waals surface area contributed by atoms with Crippen LogP contribution in [0.1, 0.15) is 72.6 Å². The molecule has 2 saturated carbocycles. The van der Waals surface area contributed by atoms with E-state index >= 15 is 0 Å². The standard InChI is InChI=1S/C38H51N7O9S/c1-7-45-33(48)27-15-11-10-14-26(27)32(41-45)54-25-19-28-30(46)40-38(36(51)42-55(52,53)37(4)16-17-37)20-24(38)13-9-8-12-22(2)18-23(3)29(34(49)44(28)21-25)39-31(47)35(50)43(5)6/h9-11,13-15,22-25,28-29H,7-8,12,16-21H2,1-6H3,(H,39,47)(H,40,46)(H,42,51)/b13-9-/t22-,23-,24-,25-,28+,29+,38-/m1/s1. The quantitative estimate of drug-likeness (QED) is 0.271. The molecule has 2 aromatic rings. The Balaban J connectivity index is 1.38. The first-order chi connectivity index (χ1) is 25.9. The molecule has 4 aliphatic rings. The Morgan fingerprint density at radius 1 is 1.07 bits per heavy atom. The first kappa shape index (κ1) is 39.9. The van der Waals surface area contributed by atoms with Crippen LogP contribution in [0.4, 0.5) is 0 Å². The third-order valence-electron chi connectivity index (χ3n) is 11.5. The lowest BCUT2D eigenvalue weighted by atomic mass is 9.87. The molecular formula is C38H51N7O9S. The van der Waals surface area contributed by atoms with Crippen molar-refractivity contribution in [3.63, 3.8) is 0 Å². The fourth-order valence-electron chi connectivity index (χ4n) is 7.67. The Kier molecular flexibility index (Phi) is 10.9. The normalized spacial score (nSPS) is 29.7. The summed E-state index contributed by atoms with van der Waals surface area (Å²) in [6.45, 7) is 7.29. The number of hydrogen-bond acceptors (Lipinski definition) is 10. The smallest absolute Gasteiger partial charge is 0.311 e. The summed E-state index contributed by atoms with van der Waals surface area (Å²) in [5, 5.41) is 10.8. The third kappa shape index (κ3) is 7.85. The molecule has 6 rings (SSSR count). The van der Waals surface area contributed by atoms with Gasteiger partial charge in [-0.05, 0) is 76.3 Å². The number of ether oxygens (including phenoxy) is 1. The number of nitrogens with one attached hydrogen (secondary N) is 3. The van der Waals surface area contributed by atoms with Crippen LogP contribution < -0.4 is 25.7 Å². The van der Waals surface area contributed by atoms with E-state index in [1.807, 2.05) is 26.0 Å². The second-order valence-electron chi connectivity index (χ2n) is 16.1. The molecule has 1 aromatic carbocycles. The van der Waals surface area contributed by atoms with Crippen molar-refractivity contribution >= 4 is 50.3 Å². The van der Waals surface area contributed by atoms with Crippen LogP contribution >= 0.6 is 0 Å². The van der Waals surface area contributed by atoms with Gasteiger partial charge in [-0.25, -0.2) is 13.1 Å². The van der Waals surface area contributed by atoms with E-state index in [-0.39, 0.29) is 43.3 Å². The van der Waals surface area contributed by atoms with Crippen molar-refractivity contribution < 1.29 is 37.1 Å². The topological polar surface area (TPSA) is 206 Å². The Morgan fingerprint density at radius 3 is 2.42 bits per heavy atom. The van der Waals surface area contributed by atoms with E-state index in [1.54, 1.807) is 38.1 Å². The predicted octanol–water partition coefficient (Wildman–Crippen LogP) is 1.22. The summed E-state index contributed by atoms with van der Waals surface area (Å²) in [6, 6.07) is 4.38. The SMILES string of the molecule is CCn1nc(O[C@@H]2C[C@H]3C(=O)N[C@]4(C(=O)NS(=O)(=O)C5(C)CC5)C[C@H]4/C=C\CC[C@@H](C)C[C@@H](C)[C@H](NC(=O)C(=O)N(C)C)C(=O)N3C2)c2ccccc2c1=O. The van der Waals surface area contributed by atoms with E-state index in [1.165, 1.54) is 23.7 Å². The van der Waals surface area contributed by atoms with Gasteiger partial charge in [0.15, 0.2) is 0 Å². The van der Waals surface area contributed by atoms with Gasteiger partial charge in [-0.15, -0.1) is 5.10 Å². The van der Waals surface area contributed by atoms with Crippen LogP contribution in [0.3, 0.4) is 0 Å². The van der Waals surface area contributed by atoms with Gasteiger partial charge in [-0.1, -0.05) is 38.1 Å². The number of hydrogen-bond donors (Lipinski definition) is 3. The number of nitrogens with zero attached hydrogens (tertiary/aromatic N) is 4. The van der Waals surface area contributed by atoms with Gasteiger partial charge in [-0.2, -0.15) is 0 Å². The molecule has 298 valence electrons. The van der Waals surface area contributed by atoms with E-state index < -0.39 is 79.9 Å². The van der Waals surface area contributed by atoms with Crippen LogP contribution in [0.25, 0.3) is 10.8 Å². The molecule has 2 aliphatic heterocycles. The van der Waals surface area contributed by atoms with Gasteiger partial charge in [0.1, 0.15) is 23.7 Å². The molecule has 0 spiro atoms. The molecule has 3 N–H and O–H groups in total. The summed E-state index contributed by atoms with van der Waals surface area (Å²) < 4.78 is 35.2. The van der Waals surface area contributed by atoms with Crippen LogP contribution in [0.2, 0.25) is 0 Å². The molecule has 3 fully saturated rings. The van der Waals surface area contributed by atoms with E-state index in [0.717, 1.165) is 4.90 Å². The molecule has 0 unspecified atom stereocenters. The third-order valence-corrected chi connectivity index (χ3v) is 13.7. The molecule has 1 aromatic heterocycles. The van der Waals surface area contributed by atoms with Gasteiger partial charge < -0.3 is 25.2 Å². The Morgan fingerprint density at radius 2 is 1.76 bits per heavy atom. The van der Waals surface area contributed by atoms with Crippen LogP contribution in [-0.2, 0) is 40.5 Å². The van der Waals surface area contributed by atoms with Gasteiger partial charge in [0.05, 0.1) is 22.1 Å². The van der Waals surface area contributed by atoms with Crippen LogP contribution in [0, 0.1) is 17.8 Å². The number of carbonyl (C=O) groups is 5. The van der Waals surface area contributed by atoms with Crippen molar-refractivity contribution in [3.05, 3.63) is 46.8 Å². The average molecular weight is 782 g/mol. The average Bonchev–Trinajstić information content (AvgIpc) is 4.02. The molecule has 0 radical (unpaired) electrons. The Hall–Kier alpha value is -4.80. The lowest BCUT2D eigenvalue weighted by Crippen LogP contribution is -2.60. The Bertz CT molecular complexity index is 2100. The molecule has 5 amide bonds. The van der Waals surface area contributed by atoms with Gasteiger partial charge in [0, 0.05) is 33.0 Å². The Labute approximate surface area is 320 Å². The maximum Gasteiger partial charge on any atom is 0.311 e. The highest BCUT2D eigenvalue weighted by Crippen LogP contribution is 2.47. The monoisotopic (exact) mass is 781 g/mol. The van der Waals surface area contributed by atoms with Crippen molar-refractivity contribution in [1.29, 1.82) is 0 Å². The van der Waals surface area contributed by atoms with Gasteiger partial charge in [-0.3, -0.25) is 33.5 Å². The summed E-state index contributed by atoms with van der Waals surface area (Å²) in [7, 11) is -1.18. The fraction of sp³-hybridized carbons (Fsp3) is 0.605. The maximum atomic E-state index is 14.7. The van der Waals surface area contributed by atoms with Crippen LogP contribution in [-0.4, -0.2) is 107 Å². The minimum absolute atomic E-state index is 0.0600. The van der Waals surface area contributed by atoms with Crippen molar-refractivity contribution in [1.82, 2.24) is 34.9 Å². The fourth-order valence-corrected chi connectivity index (χ4v) is 8.98. The van der Waals surface area contributed by atoms with Crippen molar-refractivity contribution in [3.8, 4) is 5.88 Å². The number of carbonyl (C=O) groups excluding carboxylic acids is 5. The van der Waals surface area contributed by atoms with Gasteiger partial charge >= 0.3 is 11.8 Å². The number of allylic oxidation sites excluding steroid dienone is 1. The van der Waals surface area contributed by atoms with E-state index in [9.17, 15) is 37.2 Å². The first-order valence-corrected chi connectivity index (χ1v) is 20.4. The zero-order valence-electron chi connectivity index (χ0n) is 32.2. The molecule has 16 nitrogen and oxygen atoms in total. The number of fused-ring (bicyclic) bond motifs is 3. The largest absolute Gasteiger partial charge is 0.471 e. The lowest BCUT2D eigenvalue weighted by Gasteiger charge is -2.33. The van der Waals surface area contributed by atoms with Crippen molar-refractivity contribution in [2.75, 3.05) is 20.6 Å². The first-order valence-electron chi connectivity index (χ1n) is 19.0. The molecule has 3 heterocycles. The minimum Gasteiger partial charge on any atom is -0.471 e. The summed E-state index contributed by atoms with van der Waals surface area (Å²) in [5.74, 6) is -4.74. The summed E-state index contributed by atoms with van der Waals surface area (Å²) in [6.07, 6.45) is 5.67. The van der Waals surface area contributed by atoms with Gasteiger partial charge in [0.2, 0.25) is 27.7 Å². The highest BCUT2D eigenvalue weighted by molar-refractivity contribution is 7.91. The second kappa shape index (κ2) is 15.0. The molecule has 7 atom stereocenters. The summed E-state index contributed by atoms with van der Waals surface area (Å²) in [4.78, 5) is 84.4. The predicted molar refractivity (Wildman–Crippen MR) is 202 cm³/mol. The number of amides is 5. The molecule has 0 bridgehead atoms. The van der Waals surface area contributed by atoms with Crippen LogP contribution in [0.15, 0.2) is 41.2 Å². The summed E-state index contributed by atoms with van der Waals surface area (Å²) >= 11 is 0. The molecule has 17 heteroatoms.